The highest BCUT2D eigenvalue weighted by Crippen LogP contribution is 2.31. The number of benzene rings is 2. The molecular weight excluding hydrogens is 330 g/mol. The van der Waals surface area contributed by atoms with Crippen molar-refractivity contribution >= 4 is 21.7 Å². The van der Waals surface area contributed by atoms with E-state index in [-0.39, 0.29) is 22.3 Å². The van der Waals surface area contributed by atoms with Crippen LogP contribution in [0.1, 0.15) is 28.4 Å². The van der Waals surface area contributed by atoms with Crippen LogP contribution in [-0.4, -0.2) is 25.6 Å². The van der Waals surface area contributed by atoms with Gasteiger partial charge in [0.15, 0.2) is 0 Å². The number of sulfonamides is 1. The van der Waals surface area contributed by atoms with Gasteiger partial charge in [0, 0.05) is 6.42 Å². The molecule has 1 atom stereocenters. The van der Waals surface area contributed by atoms with E-state index in [1.54, 1.807) is 19.1 Å². The minimum Gasteiger partial charge on any atom is -0.490 e. The van der Waals surface area contributed by atoms with Gasteiger partial charge in [0.05, 0.1) is 16.1 Å². The van der Waals surface area contributed by atoms with Crippen LogP contribution in [0.2, 0.25) is 0 Å². The summed E-state index contributed by atoms with van der Waals surface area (Å²) in [5.74, 6) is -0.400. The largest absolute Gasteiger partial charge is 0.490 e. The van der Waals surface area contributed by atoms with E-state index >= 15 is 0 Å². The fourth-order valence-corrected chi connectivity index (χ4v) is 3.92. The molecule has 2 aromatic rings. The second kappa shape index (κ2) is 5.83. The summed E-state index contributed by atoms with van der Waals surface area (Å²) < 4.78 is 33.3. The predicted molar refractivity (Wildman–Crippen MR) is 89.2 cm³/mol. The predicted octanol–water partition coefficient (Wildman–Crippen LogP) is 2.82. The number of rotatable bonds is 4. The molecule has 0 saturated carbocycles. The second-order valence-electron chi connectivity index (χ2n) is 5.79. The Labute approximate surface area is 140 Å². The van der Waals surface area contributed by atoms with Crippen molar-refractivity contribution in [2.24, 2.45) is 0 Å². The lowest BCUT2D eigenvalue weighted by atomic mass is 10.1. The Kier molecular flexibility index (Phi) is 3.96. The van der Waals surface area contributed by atoms with E-state index in [9.17, 15) is 13.2 Å². The maximum Gasteiger partial charge on any atom is 0.336 e. The Morgan fingerprint density at radius 3 is 2.75 bits per heavy atom. The molecule has 6 nitrogen and oxygen atoms in total. The van der Waals surface area contributed by atoms with Crippen LogP contribution in [0.4, 0.5) is 5.69 Å². The third-order valence-electron chi connectivity index (χ3n) is 3.99. The van der Waals surface area contributed by atoms with Gasteiger partial charge in [0.25, 0.3) is 10.0 Å². The van der Waals surface area contributed by atoms with E-state index in [1.165, 1.54) is 24.3 Å². The number of anilines is 1. The second-order valence-corrected chi connectivity index (χ2v) is 7.47. The van der Waals surface area contributed by atoms with Crippen molar-refractivity contribution in [1.29, 1.82) is 0 Å². The van der Waals surface area contributed by atoms with Crippen molar-refractivity contribution in [2.45, 2.75) is 31.3 Å². The molecule has 1 unspecified atom stereocenters. The number of carboxylic acid groups (broad SMARTS) is 1. The highest BCUT2D eigenvalue weighted by atomic mass is 32.2. The quantitative estimate of drug-likeness (QED) is 0.887. The summed E-state index contributed by atoms with van der Waals surface area (Å²) in [5, 5.41) is 9.14. The Morgan fingerprint density at radius 1 is 1.29 bits per heavy atom. The third-order valence-corrected chi connectivity index (χ3v) is 5.35. The zero-order valence-electron chi connectivity index (χ0n) is 13.2. The molecule has 2 N–H and O–H groups in total. The van der Waals surface area contributed by atoms with Crippen LogP contribution in [0.3, 0.4) is 0 Å². The minimum atomic E-state index is -3.82. The van der Waals surface area contributed by atoms with Crippen LogP contribution >= 0.6 is 0 Å². The fourth-order valence-electron chi connectivity index (χ4n) is 2.75. The summed E-state index contributed by atoms with van der Waals surface area (Å²) in [6, 6.07) is 9.20. The average molecular weight is 347 g/mol. The summed E-state index contributed by atoms with van der Waals surface area (Å²) in [4.78, 5) is 11.3. The van der Waals surface area contributed by atoms with Crippen molar-refractivity contribution in [1.82, 2.24) is 0 Å². The standard InChI is InChI=1S/C17H17NO5S/c1-10-8-12-9-13(6-7-16(12)23-10)24(21,22)18-15-5-3-4-14(11(15)2)17(19)20/h3-7,9-10,18H,8H2,1-2H3,(H,19,20). The molecule has 1 heterocycles. The topological polar surface area (TPSA) is 92.7 Å². The maximum absolute atomic E-state index is 12.6. The first-order chi connectivity index (χ1) is 11.3. The number of nitrogens with one attached hydrogen (secondary N) is 1. The van der Waals surface area contributed by atoms with Gasteiger partial charge in [-0.3, -0.25) is 4.72 Å². The molecule has 0 aromatic heterocycles. The van der Waals surface area contributed by atoms with Crippen LogP contribution in [0.5, 0.6) is 5.75 Å². The number of fused-ring (bicyclic) bond motifs is 1. The number of carboxylic acids is 1. The molecule has 0 aliphatic carbocycles. The number of ether oxygens (including phenoxy) is 1. The molecule has 7 heteroatoms. The van der Waals surface area contributed by atoms with E-state index in [0.29, 0.717) is 17.7 Å². The van der Waals surface area contributed by atoms with Gasteiger partial charge < -0.3 is 9.84 Å². The molecule has 24 heavy (non-hydrogen) atoms. The van der Waals surface area contributed by atoms with Gasteiger partial charge in [-0.15, -0.1) is 0 Å². The van der Waals surface area contributed by atoms with Crippen LogP contribution in [0, 0.1) is 6.92 Å². The van der Waals surface area contributed by atoms with E-state index in [0.717, 1.165) is 5.56 Å². The number of carbonyl (C=O) groups is 1. The first-order valence-corrected chi connectivity index (χ1v) is 8.91. The molecular formula is C17H17NO5S. The van der Waals surface area contributed by atoms with Crippen molar-refractivity contribution in [3.63, 3.8) is 0 Å². The molecule has 0 saturated heterocycles. The Balaban J connectivity index is 1.95. The average Bonchev–Trinajstić information content (AvgIpc) is 2.88. The summed E-state index contributed by atoms with van der Waals surface area (Å²) in [7, 11) is -3.82. The maximum atomic E-state index is 12.6. The van der Waals surface area contributed by atoms with E-state index < -0.39 is 16.0 Å². The molecule has 0 bridgehead atoms. The van der Waals surface area contributed by atoms with E-state index in [2.05, 4.69) is 4.72 Å². The lowest BCUT2D eigenvalue weighted by Gasteiger charge is -2.12. The van der Waals surface area contributed by atoms with Gasteiger partial charge in [-0.25, -0.2) is 13.2 Å². The molecule has 0 spiro atoms. The van der Waals surface area contributed by atoms with E-state index in [1.807, 2.05) is 6.92 Å². The Hall–Kier alpha value is -2.54. The van der Waals surface area contributed by atoms with Gasteiger partial charge >= 0.3 is 5.97 Å². The fraction of sp³-hybridized carbons (Fsp3) is 0.235. The molecule has 0 fully saturated rings. The van der Waals surface area contributed by atoms with Crippen LogP contribution in [0.25, 0.3) is 0 Å². The number of hydrogen-bond acceptors (Lipinski definition) is 4. The first kappa shape index (κ1) is 16.3. The summed E-state index contributed by atoms with van der Waals surface area (Å²) in [5.41, 5.74) is 1.53. The third kappa shape index (κ3) is 2.94. The summed E-state index contributed by atoms with van der Waals surface area (Å²) in [6.07, 6.45) is 0.687. The van der Waals surface area contributed by atoms with Crippen LogP contribution < -0.4 is 9.46 Å². The number of aromatic carboxylic acids is 1. The monoisotopic (exact) mass is 347 g/mol. The molecule has 1 aliphatic rings. The SMILES string of the molecule is Cc1c(NS(=O)(=O)c2ccc3c(c2)CC(C)O3)cccc1C(=O)O. The molecule has 0 amide bonds. The molecule has 1 aliphatic heterocycles. The summed E-state index contributed by atoms with van der Waals surface area (Å²) in [6.45, 7) is 3.49. The molecule has 3 rings (SSSR count). The van der Waals surface area contributed by atoms with E-state index in [4.69, 9.17) is 9.84 Å². The lowest BCUT2D eigenvalue weighted by molar-refractivity contribution is 0.0696. The van der Waals surface area contributed by atoms with Gasteiger partial charge in [0.1, 0.15) is 11.9 Å². The van der Waals surface area contributed by atoms with Gasteiger partial charge in [-0.2, -0.15) is 0 Å². The van der Waals surface area contributed by atoms with Gasteiger partial charge in [0.2, 0.25) is 0 Å². The van der Waals surface area contributed by atoms with Crippen molar-refractivity contribution in [2.75, 3.05) is 4.72 Å². The van der Waals surface area contributed by atoms with Gasteiger partial charge in [-0.1, -0.05) is 6.07 Å². The Bertz CT molecular complexity index is 921. The molecule has 0 radical (unpaired) electrons. The first-order valence-electron chi connectivity index (χ1n) is 7.43. The van der Waals surface area contributed by atoms with Crippen molar-refractivity contribution in [3.8, 4) is 5.75 Å². The highest BCUT2D eigenvalue weighted by molar-refractivity contribution is 7.92. The van der Waals surface area contributed by atoms with Gasteiger partial charge in [-0.05, 0) is 55.3 Å². The van der Waals surface area contributed by atoms with Crippen LogP contribution in [-0.2, 0) is 16.4 Å². The zero-order valence-corrected chi connectivity index (χ0v) is 14.1. The van der Waals surface area contributed by atoms with Crippen LogP contribution in [0.15, 0.2) is 41.3 Å². The lowest BCUT2D eigenvalue weighted by Crippen LogP contribution is -2.15. The molecule has 126 valence electrons. The van der Waals surface area contributed by atoms with Crippen molar-refractivity contribution < 1.29 is 23.1 Å². The smallest absolute Gasteiger partial charge is 0.336 e. The molecule has 2 aromatic carbocycles. The minimum absolute atomic E-state index is 0.0282. The summed E-state index contributed by atoms with van der Waals surface area (Å²) >= 11 is 0. The number of hydrogen-bond donors (Lipinski definition) is 2. The normalized spacial score (nSPS) is 16.3. The Morgan fingerprint density at radius 2 is 2.04 bits per heavy atom. The van der Waals surface area contributed by atoms with Crippen molar-refractivity contribution in [3.05, 3.63) is 53.1 Å². The zero-order chi connectivity index (χ0) is 17.5. The highest BCUT2D eigenvalue weighted by Gasteiger charge is 2.23.